The van der Waals surface area contributed by atoms with Crippen molar-refractivity contribution >= 4 is 32.2 Å². The maximum absolute atomic E-state index is 11.8. The SMILES string of the molecule is CC(=O)OC1C(OCc2ccccc2)C(COS(C)(=O)=O)(COS(C)(=O)=O)O[C@H]1OC(C)=O. The van der Waals surface area contributed by atoms with Crippen LogP contribution in [-0.2, 0) is 63.7 Å². The first kappa shape index (κ1) is 27.1. The van der Waals surface area contributed by atoms with Crippen LogP contribution in [0.15, 0.2) is 30.3 Å². The highest BCUT2D eigenvalue weighted by Crippen LogP contribution is 2.38. The molecule has 3 atom stereocenters. The lowest BCUT2D eigenvalue weighted by molar-refractivity contribution is -0.211. The smallest absolute Gasteiger partial charge is 0.305 e. The van der Waals surface area contributed by atoms with Crippen molar-refractivity contribution in [2.45, 2.75) is 44.6 Å². The van der Waals surface area contributed by atoms with Crippen molar-refractivity contribution < 1.29 is 53.7 Å². The highest BCUT2D eigenvalue weighted by molar-refractivity contribution is 7.86. The van der Waals surface area contributed by atoms with E-state index in [1.54, 1.807) is 30.3 Å². The van der Waals surface area contributed by atoms with E-state index in [0.29, 0.717) is 5.56 Å². The van der Waals surface area contributed by atoms with Gasteiger partial charge in [0, 0.05) is 13.8 Å². The van der Waals surface area contributed by atoms with Gasteiger partial charge >= 0.3 is 11.9 Å². The summed E-state index contributed by atoms with van der Waals surface area (Å²) in [5.41, 5.74) is -1.27. The summed E-state index contributed by atoms with van der Waals surface area (Å²) >= 11 is 0. The molecule has 2 rings (SSSR count). The third-order valence-corrected chi connectivity index (χ3v) is 5.42. The van der Waals surface area contributed by atoms with Crippen LogP contribution in [0, 0.1) is 0 Å². The molecule has 1 aliphatic rings. The summed E-state index contributed by atoms with van der Waals surface area (Å²) in [4.78, 5) is 23.4. The van der Waals surface area contributed by atoms with E-state index >= 15 is 0 Å². The van der Waals surface area contributed by atoms with Crippen molar-refractivity contribution in [2.75, 3.05) is 25.7 Å². The van der Waals surface area contributed by atoms with E-state index in [4.69, 9.17) is 27.3 Å². The summed E-state index contributed by atoms with van der Waals surface area (Å²) in [5.74, 6) is -1.58. The molecular formula is C19H26O12S2. The van der Waals surface area contributed by atoms with Crippen molar-refractivity contribution in [3.05, 3.63) is 35.9 Å². The molecule has 0 radical (unpaired) electrons. The predicted octanol–water partition coefficient (Wildman–Crippen LogP) is 0.114. The van der Waals surface area contributed by atoms with Gasteiger partial charge in [0.2, 0.25) is 6.29 Å². The van der Waals surface area contributed by atoms with E-state index in [0.717, 1.165) is 26.4 Å². The third-order valence-electron chi connectivity index (χ3n) is 4.33. The quantitative estimate of drug-likeness (QED) is 0.293. The van der Waals surface area contributed by atoms with Gasteiger partial charge in [-0.1, -0.05) is 30.3 Å². The highest BCUT2D eigenvalue weighted by Gasteiger charge is 2.60. The molecule has 1 aromatic rings. The van der Waals surface area contributed by atoms with Crippen LogP contribution < -0.4 is 0 Å². The Bertz CT molecular complexity index is 1000. The van der Waals surface area contributed by atoms with Crippen LogP contribution in [0.2, 0.25) is 0 Å². The van der Waals surface area contributed by atoms with Gasteiger partial charge in [0.1, 0.15) is 19.3 Å². The number of benzene rings is 1. The van der Waals surface area contributed by atoms with Crippen LogP contribution in [0.1, 0.15) is 19.4 Å². The first-order chi connectivity index (χ1) is 15.2. The van der Waals surface area contributed by atoms with Gasteiger partial charge in [-0.05, 0) is 5.56 Å². The predicted molar refractivity (Wildman–Crippen MR) is 112 cm³/mol. The van der Waals surface area contributed by atoms with E-state index in [9.17, 15) is 26.4 Å². The molecule has 33 heavy (non-hydrogen) atoms. The number of ether oxygens (including phenoxy) is 4. The van der Waals surface area contributed by atoms with Gasteiger partial charge in [0.25, 0.3) is 20.2 Å². The van der Waals surface area contributed by atoms with Crippen LogP contribution in [0.3, 0.4) is 0 Å². The molecule has 1 fully saturated rings. The largest absolute Gasteiger partial charge is 0.453 e. The number of carbonyl (C=O) groups excluding carboxylic acids is 2. The summed E-state index contributed by atoms with van der Waals surface area (Å²) in [5, 5.41) is 0. The standard InChI is InChI=1S/C19H26O12S2/c1-13(20)29-16-17(26-10-15-8-6-5-7-9-15)19(11-27-32(3,22)23,12-28-33(4,24)25)31-18(16)30-14(2)21/h5-9,16-18H,10-12H2,1-4H3/t16?,17?,18-/m1/s1. The molecule has 1 heterocycles. The molecule has 0 spiro atoms. The first-order valence-corrected chi connectivity index (χ1v) is 13.2. The van der Waals surface area contributed by atoms with Crippen LogP contribution in [0.25, 0.3) is 0 Å². The fraction of sp³-hybridized carbons (Fsp3) is 0.579. The maximum Gasteiger partial charge on any atom is 0.305 e. The molecule has 1 aromatic carbocycles. The van der Waals surface area contributed by atoms with Crippen molar-refractivity contribution in [1.82, 2.24) is 0 Å². The monoisotopic (exact) mass is 510 g/mol. The molecule has 0 bridgehead atoms. The van der Waals surface area contributed by atoms with Gasteiger partial charge < -0.3 is 18.9 Å². The molecule has 0 aliphatic carbocycles. The minimum atomic E-state index is -4.03. The average Bonchev–Trinajstić information content (AvgIpc) is 2.95. The summed E-state index contributed by atoms with van der Waals surface area (Å²) < 4.78 is 78.5. The Morgan fingerprint density at radius 1 is 0.909 bits per heavy atom. The van der Waals surface area contributed by atoms with Gasteiger partial charge in [-0.2, -0.15) is 16.8 Å². The second-order valence-electron chi connectivity index (χ2n) is 7.38. The Hall–Kier alpha value is -2.10. The van der Waals surface area contributed by atoms with Crippen LogP contribution in [0.4, 0.5) is 0 Å². The summed E-state index contributed by atoms with van der Waals surface area (Å²) in [6.07, 6.45) is -2.74. The van der Waals surface area contributed by atoms with Crippen molar-refractivity contribution in [1.29, 1.82) is 0 Å². The van der Waals surface area contributed by atoms with Gasteiger partial charge in [-0.15, -0.1) is 0 Å². The van der Waals surface area contributed by atoms with E-state index in [1.807, 2.05) is 0 Å². The Balaban J connectivity index is 2.50. The second kappa shape index (κ2) is 10.9. The fourth-order valence-corrected chi connectivity index (χ4v) is 3.89. The van der Waals surface area contributed by atoms with E-state index in [-0.39, 0.29) is 6.61 Å². The Labute approximate surface area is 192 Å². The Morgan fingerprint density at radius 2 is 1.42 bits per heavy atom. The normalized spacial score (nSPS) is 22.6. The molecule has 0 saturated carbocycles. The second-order valence-corrected chi connectivity index (χ2v) is 10.7. The maximum atomic E-state index is 11.8. The Kier molecular flexibility index (Phi) is 8.95. The number of hydrogen-bond donors (Lipinski definition) is 0. The van der Waals surface area contributed by atoms with Crippen molar-refractivity contribution in [2.24, 2.45) is 0 Å². The molecule has 0 amide bonds. The molecule has 2 unspecified atom stereocenters. The third kappa shape index (κ3) is 8.64. The zero-order valence-corrected chi connectivity index (χ0v) is 20.1. The zero-order chi connectivity index (χ0) is 24.9. The number of rotatable bonds is 11. The minimum Gasteiger partial charge on any atom is -0.453 e. The molecule has 0 aromatic heterocycles. The minimum absolute atomic E-state index is 0.0705. The fourth-order valence-electron chi connectivity index (χ4n) is 3.07. The number of esters is 2. The zero-order valence-electron chi connectivity index (χ0n) is 18.5. The molecule has 0 N–H and O–H groups in total. The summed E-state index contributed by atoms with van der Waals surface area (Å²) in [6, 6.07) is 8.76. The Morgan fingerprint density at radius 3 is 1.88 bits per heavy atom. The van der Waals surface area contributed by atoms with E-state index < -0.39 is 69.5 Å². The lowest BCUT2D eigenvalue weighted by atomic mass is 9.96. The molecule has 14 heteroatoms. The van der Waals surface area contributed by atoms with Crippen LogP contribution in [-0.4, -0.2) is 78.6 Å². The average molecular weight is 511 g/mol. The molecule has 12 nitrogen and oxygen atoms in total. The first-order valence-electron chi connectivity index (χ1n) is 9.57. The van der Waals surface area contributed by atoms with Gasteiger partial charge in [-0.3, -0.25) is 18.0 Å². The van der Waals surface area contributed by atoms with Crippen molar-refractivity contribution in [3.63, 3.8) is 0 Å². The molecule has 186 valence electrons. The lowest BCUT2D eigenvalue weighted by Gasteiger charge is -2.33. The summed E-state index contributed by atoms with van der Waals surface area (Å²) in [7, 11) is -8.06. The van der Waals surface area contributed by atoms with Crippen LogP contribution in [0.5, 0.6) is 0 Å². The number of carbonyl (C=O) groups is 2. The van der Waals surface area contributed by atoms with Crippen LogP contribution >= 0.6 is 0 Å². The molecule has 1 saturated heterocycles. The summed E-state index contributed by atoms with van der Waals surface area (Å²) in [6.45, 7) is 0.540. The van der Waals surface area contributed by atoms with Gasteiger partial charge in [0.15, 0.2) is 11.7 Å². The molecule has 1 aliphatic heterocycles. The van der Waals surface area contributed by atoms with Crippen molar-refractivity contribution in [3.8, 4) is 0 Å². The highest BCUT2D eigenvalue weighted by atomic mass is 32.2. The van der Waals surface area contributed by atoms with E-state index in [2.05, 4.69) is 0 Å². The molecular weight excluding hydrogens is 484 g/mol. The topological polar surface area (TPSA) is 158 Å². The van der Waals surface area contributed by atoms with E-state index in [1.165, 1.54) is 0 Å². The lowest BCUT2D eigenvalue weighted by Crippen LogP contribution is -2.53. The van der Waals surface area contributed by atoms with Gasteiger partial charge in [0.05, 0.1) is 19.1 Å². The van der Waals surface area contributed by atoms with Gasteiger partial charge in [-0.25, -0.2) is 0 Å². The number of hydrogen-bond acceptors (Lipinski definition) is 12.